The van der Waals surface area contributed by atoms with Crippen LogP contribution in [0.4, 0.5) is 5.69 Å². The number of hydrogen-bond donors (Lipinski definition) is 2. The van der Waals surface area contributed by atoms with Crippen molar-refractivity contribution >= 4 is 33.4 Å². The van der Waals surface area contributed by atoms with Crippen LogP contribution in [-0.2, 0) is 0 Å². The molecule has 3 rings (SSSR count). The Hall–Kier alpha value is -2.54. The molecule has 0 aromatic heterocycles. The number of nitrogens with two attached hydrogens (primary N) is 1. The number of fused-ring (bicyclic) bond motifs is 1. The van der Waals surface area contributed by atoms with Gasteiger partial charge in [-0.2, -0.15) is 0 Å². The van der Waals surface area contributed by atoms with E-state index < -0.39 is 5.91 Å². The summed E-state index contributed by atoms with van der Waals surface area (Å²) in [6.07, 6.45) is 0. The third kappa shape index (κ3) is 3.29. The minimum atomic E-state index is -0.516. The van der Waals surface area contributed by atoms with Crippen molar-refractivity contribution < 1.29 is 19.1 Å². The molecule has 1 aliphatic heterocycles. The summed E-state index contributed by atoms with van der Waals surface area (Å²) < 4.78 is 11.6. The minimum Gasteiger partial charge on any atom is -0.486 e. The normalized spacial score (nSPS) is 12.6. The summed E-state index contributed by atoms with van der Waals surface area (Å²) in [6, 6.07) is 9.67. The van der Waals surface area contributed by atoms with Crippen LogP contribution in [-0.4, -0.2) is 25.0 Å². The van der Waals surface area contributed by atoms with Crippen LogP contribution in [0.5, 0.6) is 11.5 Å². The fourth-order valence-electron chi connectivity index (χ4n) is 2.15. The summed E-state index contributed by atoms with van der Waals surface area (Å²) >= 11 is 3.36. The molecule has 0 unspecified atom stereocenters. The lowest BCUT2D eigenvalue weighted by Gasteiger charge is -2.19. The minimum absolute atomic E-state index is 0.305. The number of rotatable bonds is 3. The van der Waals surface area contributed by atoms with Gasteiger partial charge in [0.1, 0.15) is 13.2 Å². The average molecular weight is 377 g/mol. The molecule has 1 heterocycles. The van der Waals surface area contributed by atoms with E-state index in [-0.39, 0.29) is 5.91 Å². The van der Waals surface area contributed by atoms with Gasteiger partial charge in [-0.1, -0.05) is 0 Å². The van der Waals surface area contributed by atoms with E-state index >= 15 is 0 Å². The molecule has 0 saturated carbocycles. The SMILES string of the molecule is NC(=O)c1ccc(NC(=O)c2cc3c(cc2Br)OCCO3)cc1. The van der Waals surface area contributed by atoms with Gasteiger partial charge in [0.25, 0.3) is 5.91 Å². The lowest BCUT2D eigenvalue weighted by atomic mass is 10.1. The smallest absolute Gasteiger partial charge is 0.256 e. The van der Waals surface area contributed by atoms with E-state index in [1.54, 1.807) is 36.4 Å². The number of anilines is 1. The van der Waals surface area contributed by atoms with Gasteiger partial charge in [0, 0.05) is 15.7 Å². The number of benzene rings is 2. The highest BCUT2D eigenvalue weighted by atomic mass is 79.9. The van der Waals surface area contributed by atoms with Crippen molar-refractivity contribution in [3.63, 3.8) is 0 Å². The van der Waals surface area contributed by atoms with E-state index in [2.05, 4.69) is 21.2 Å². The van der Waals surface area contributed by atoms with Crippen LogP contribution < -0.4 is 20.5 Å². The maximum Gasteiger partial charge on any atom is 0.256 e. The molecule has 1 aliphatic rings. The second-order valence-corrected chi connectivity index (χ2v) is 5.73. The van der Waals surface area contributed by atoms with Crippen LogP contribution in [0.25, 0.3) is 0 Å². The molecular weight excluding hydrogens is 364 g/mol. The number of amides is 2. The van der Waals surface area contributed by atoms with Gasteiger partial charge in [0.2, 0.25) is 5.91 Å². The van der Waals surface area contributed by atoms with Gasteiger partial charge in [0.05, 0.1) is 5.56 Å². The van der Waals surface area contributed by atoms with Gasteiger partial charge in [-0.25, -0.2) is 0 Å². The van der Waals surface area contributed by atoms with Gasteiger partial charge in [-0.3, -0.25) is 9.59 Å². The molecule has 0 radical (unpaired) electrons. The number of carbonyl (C=O) groups excluding carboxylic acids is 2. The fourth-order valence-corrected chi connectivity index (χ4v) is 2.66. The van der Waals surface area contributed by atoms with Crippen molar-refractivity contribution in [3.8, 4) is 11.5 Å². The molecule has 0 saturated heterocycles. The van der Waals surface area contributed by atoms with Gasteiger partial charge in [0.15, 0.2) is 11.5 Å². The van der Waals surface area contributed by atoms with Gasteiger partial charge in [-0.05, 0) is 52.3 Å². The first-order valence-corrected chi connectivity index (χ1v) is 7.64. The molecule has 118 valence electrons. The van der Waals surface area contributed by atoms with Crippen molar-refractivity contribution in [3.05, 3.63) is 52.0 Å². The summed E-state index contributed by atoms with van der Waals surface area (Å²) in [5.41, 5.74) is 6.54. The zero-order chi connectivity index (χ0) is 16.4. The summed E-state index contributed by atoms with van der Waals surface area (Å²) in [4.78, 5) is 23.5. The van der Waals surface area contributed by atoms with E-state index in [0.29, 0.717) is 46.0 Å². The third-order valence-electron chi connectivity index (χ3n) is 3.30. The Bertz CT molecular complexity index is 774. The molecular formula is C16H13BrN2O4. The Morgan fingerprint density at radius 3 is 2.26 bits per heavy atom. The molecule has 2 amide bonds. The zero-order valence-corrected chi connectivity index (χ0v) is 13.6. The maximum absolute atomic E-state index is 12.4. The molecule has 7 heteroatoms. The first-order valence-electron chi connectivity index (χ1n) is 6.85. The highest BCUT2D eigenvalue weighted by molar-refractivity contribution is 9.10. The first-order chi connectivity index (χ1) is 11.0. The third-order valence-corrected chi connectivity index (χ3v) is 3.96. The predicted octanol–water partition coefficient (Wildman–Crippen LogP) is 2.57. The molecule has 2 aromatic carbocycles. The number of nitrogens with one attached hydrogen (secondary N) is 1. The number of halogens is 1. The van der Waals surface area contributed by atoms with E-state index in [1.807, 2.05) is 0 Å². The summed E-state index contributed by atoms with van der Waals surface area (Å²) in [7, 11) is 0. The Kier molecular flexibility index (Phi) is 4.20. The van der Waals surface area contributed by atoms with E-state index in [0.717, 1.165) is 0 Å². The highest BCUT2D eigenvalue weighted by Crippen LogP contribution is 2.35. The van der Waals surface area contributed by atoms with Crippen LogP contribution in [0, 0.1) is 0 Å². The van der Waals surface area contributed by atoms with E-state index in [1.165, 1.54) is 0 Å². The van der Waals surface area contributed by atoms with Crippen molar-refractivity contribution in [2.75, 3.05) is 18.5 Å². The number of hydrogen-bond acceptors (Lipinski definition) is 4. The van der Waals surface area contributed by atoms with Gasteiger partial charge in [-0.15, -0.1) is 0 Å². The van der Waals surface area contributed by atoms with Crippen LogP contribution in [0.3, 0.4) is 0 Å². The first kappa shape index (κ1) is 15.4. The standard InChI is InChI=1S/C16H13BrN2O4/c17-12-8-14-13(22-5-6-23-14)7-11(12)16(21)19-10-3-1-9(2-4-10)15(18)20/h1-4,7-8H,5-6H2,(H2,18,20)(H,19,21). The zero-order valence-electron chi connectivity index (χ0n) is 12.0. The Morgan fingerprint density at radius 2 is 1.65 bits per heavy atom. The molecule has 6 nitrogen and oxygen atoms in total. The molecule has 23 heavy (non-hydrogen) atoms. The van der Waals surface area contributed by atoms with Crippen molar-refractivity contribution in [1.82, 2.24) is 0 Å². The van der Waals surface area contributed by atoms with Crippen molar-refractivity contribution in [2.45, 2.75) is 0 Å². The van der Waals surface area contributed by atoms with Crippen molar-refractivity contribution in [1.29, 1.82) is 0 Å². The molecule has 2 aromatic rings. The molecule has 0 aliphatic carbocycles. The lowest BCUT2D eigenvalue weighted by Crippen LogP contribution is -2.18. The van der Waals surface area contributed by atoms with Crippen LogP contribution in [0.1, 0.15) is 20.7 Å². The Balaban J connectivity index is 1.81. The Labute approximate surface area is 140 Å². The molecule has 3 N–H and O–H groups in total. The van der Waals surface area contributed by atoms with Crippen molar-refractivity contribution in [2.24, 2.45) is 5.73 Å². The molecule has 0 fully saturated rings. The monoisotopic (exact) mass is 376 g/mol. The number of ether oxygens (including phenoxy) is 2. The second kappa shape index (κ2) is 6.29. The molecule has 0 spiro atoms. The summed E-state index contributed by atoms with van der Waals surface area (Å²) in [5, 5.41) is 2.75. The predicted molar refractivity (Wildman–Crippen MR) is 88.0 cm³/mol. The largest absolute Gasteiger partial charge is 0.486 e. The van der Waals surface area contributed by atoms with Gasteiger partial charge < -0.3 is 20.5 Å². The number of primary amides is 1. The Morgan fingerprint density at radius 1 is 1.04 bits per heavy atom. The quantitative estimate of drug-likeness (QED) is 0.860. The average Bonchev–Trinajstić information content (AvgIpc) is 2.54. The van der Waals surface area contributed by atoms with E-state index in [9.17, 15) is 9.59 Å². The summed E-state index contributed by atoms with van der Waals surface area (Å²) in [5.74, 6) is 0.317. The molecule has 0 atom stereocenters. The van der Waals surface area contributed by atoms with Crippen LogP contribution in [0.2, 0.25) is 0 Å². The topological polar surface area (TPSA) is 90.7 Å². The number of carbonyl (C=O) groups is 2. The van der Waals surface area contributed by atoms with Crippen LogP contribution in [0.15, 0.2) is 40.9 Å². The second-order valence-electron chi connectivity index (χ2n) is 4.87. The fraction of sp³-hybridized carbons (Fsp3) is 0.125. The summed E-state index contributed by atoms with van der Waals surface area (Å²) in [6.45, 7) is 0.932. The maximum atomic E-state index is 12.4. The van der Waals surface area contributed by atoms with E-state index in [4.69, 9.17) is 15.2 Å². The van der Waals surface area contributed by atoms with Crippen LogP contribution >= 0.6 is 15.9 Å². The van der Waals surface area contributed by atoms with Gasteiger partial charge >= 0.3 is 0 Å². The lowest BCUT2D eigenvalue weighted by molar-refractivity contribution is 0.0998. The molecule has 0 bridgehead atoms. The highest BCUT2D eigenvalue weighted by Gasteiger charge is 2.19.